The van der Waals surface area contributed by atoms with E-state index in [2.05, 4.69) is 15.6 Å². The quantitative estimate of drug-likeness (QED) is 0.749. The molecule has 5 nitrogen and oxygen atoms in total. The first kappa shape index (κ1) is 16.2. The second kappa shape index (κ2) is 6.84. The van der Waals surface area contributed by atoms with Gasteiger partial charge in [0.2, 0.25) is 0 Å². The van der Waals surface area contributed by atoms with Crippen LogP contribution in [0.25, 0.3) is 10.2 Å². The van der Waals surface area contributed by atoms with Gasteiger partial charge < -0.3 is 10.1 Å². The van der Waals surface area contributed by atoms with Crippen LogP contribution >= 0.6 is 11.3 Å². The van der Waals surface area contributed by atoms with E-state index in [0.717, 1.165) is 21.3 Å². The van der Waals surface area contributed by atoms with E-state index in [9.17, 15) is 9.18 Å². The van der Waals surface area contributed by atoms with Crippen LogP contribution < -0.4 is 15.4 Å². The van der Waals surface area contributed by atoms with Crippen LogP contribution in [0.4, 0.5) is 14.3 Å². The summed E-state index contributed by atoms with van der Waals surface area (Å²) >= 11 is 1.39. The molecule has 7 heteroatoms. The number of urea groups is 1. The lowest BCUT2D eigenvalue weighted by Gasteiger charge is -2.05. The summed E-state index contributed by atoms with van der Waals surface area (Å²) in [7, 11) is 1.59. The van der Waals surface area contributed by atoms with Crippen LogP contribution in [0.2, 0.25) is 0 Å². The van der Waals surface area contributed by atoms with Gasteiger partial charge in [0.1, 0.15) is 17.1 Å². The van der Waals surface area contributed by atoms with E-state index < -0.39 is 0 Å². The Labute approximate surface area is 142 Å². The fraction of sp³-hybridized carbons (Fsp3) is 0.176. The van der Waals surface area contributed by atoms with Gasteiger partial charge in [-0.15, -0.1) is 0 Å². The Kier molecular flexibility index (Phi) is 4.61. The summed E-state index contributed by atoms with van der Waals surface area (Å²) in [6, 6.07) is 9.42. The lowest BCUT2D eigenvalue weighted by Crippen LogP contribution is -2.28. The average Bonchev–Trinajstić information content (AvgIpc) is 2.99. The number of nitrogens with zero attached hydrogens (tertiary/aromatic N) is 1. The van der Waals surface area contributed by atoms with E-state index >= 15 is 0 Å². The topological polar surface area (TPSA) is 63.2 Å². The third-order valence-electron chi connectivity index (χ3n) is 3.51. The van der Waals surface area contributed by atoms with E-state index in [1.54, 1.807) is 19.2 Å². The molecule has 1 heterocycles. The highest BCUT2D eigenvalue weighted by Gasteiger charge is 2.12. The number of anilines is 1. The molecule has 0 aliphatic carbocycles. The Morgan fingerprint density at radius 3 is 2.71 bits per heavy atom. The highest BCUT2D eigenvalue weighted by Crippen LogP contribution is 2.34. The van der Waals surface area contributed by atoms with Crippen molar-refractivity contribution >= 4 is 32.7 Å². The van der Waals surface area contributed by atoms with E-state index in [1.165, 1.54) is 23.5 Å². The molecule has 0 aliphatic heterocycles. The molecule has 24 heavy (non-hydrogen) atoms. The molecular formula is C17H16FN3O2S. The monoisotopic (exact) mass is 345 g/mol. The minimum atomic E-state index is -0.366. The minimum absolute atomic E-state index is 0.304. The molecule has 0 bridgehead atoms. The Bertz CT molecular complexity index is 877. The van der Waals surface area contributed by atoms with Gasteiger partial charge in [0.15, 0.2) is 5.13 Å². The molecular weight excluding hydrogens is 329 g/mol. The van der Waals surface area contributed by atoms with Crippen LogP contribution in [0.3, 0.4) is 0 Å². The molecule has 0 aliphatic rings. The van der Waals surface area contributed by atoms with Crippen LogP contribution in [-0.4, -0.2) is 18.1 Å². The van der Waals surface area contributed by atoms with E-state index in [0.29, 0.717) is 17.4 Å². The highest BCUT2D eigenvalue weighted by molar-refractivity contribution is 7.22. The fourth-order valence-corrected chi connectivity index (χ4v) is 3.20. The summed E-state index contributed by atoms with van der Waals surface area (Å²) in [4.78, 5) is 16.4. The van der Waals surface area contributed by atoms with Crippen LogP contribution in [0.1, 0.15) is 11.1 Å². The predicted molar refractivity (Wildman–Crippen MR) is 93.2 cm³/mol. The molecule has 0 radical (unpaired) electrons. The maximum absolute atomic E-state index is 12.9. The van der Waals surface area contributed by atoms with Crippen molar-refractivity contribution in [2.24, 2.45) is 0 Å². The number of ether oxygens (including phenoxy) is 1. The van der Waals surface area contributed by atoms with Gasteiger partial charge in [0.05, 0.1) is 11.8 Å². The number of carbonyl (C=O) groups is 1. The van der Waals surface area contributed by atoms with Crippen molar-refractivity contribution in [3.05, 3.63) is 53.3 Å². The Balaban J connectivity index is 1.69. The van der Waals surface area contributed by atoms with Gasteiger partial charge in [-0.3, -0.25) is 5.32 Å². The second-order valence-electron chi connectivity index (χ2n) is 5.22. The molecule has 124 valence electrons. The summed E-state index contributed by atoms with van der Waals surface area (Å²) in [5.74, 6) is 0.369. The molecule has 3 aromatic rings. The standard InChI is InChI=1S/C17H16FN3O2S/c1-10-3-8-13(23-2)14-15(10)24-17(20-14)21-16(22)19-9-11-4-6-12(18)7-5-11/h3-8H,9H2,1-2H3,(H2,19,20,21,22). The first-order valence-electron chi connectivity index (χ1n) is 7.30. The maximum atomic E-state index is 12.9. The van der Waals surface area contributed by atoms with Crippen molar-refractivity contribution in [2.75, 3.05) is 12.4 Å². The fourth-order valence-electron chi connectivity index (χ4n) is 2.25. The van der Waals surface area contributed by atoms with Gasteiger partial charge in [-0.25, -0.2) is 14.2 Å². The summed E-state index contributed by atoms with van der Waals surface area (Å²) in [6.45, 7) is 2.29. The first-order chi connectivity index (χ1) is 11.6. The third-order valence-corrected chi connectivity index (χ3v) is 4.62. The smallest absolute Gasteiger partial charge is 0.321 e. The number of rotatable bonds is 4. The minimum Gasteiger partial charge on any atom is -0.494 e. The van der Waals surface area contributed by atoms with E-state index in [1.807, 2.05) is 19.1 Å². The van der Waals surface area contributed by atoms with Crippen LogP contribution in [0.5, 0.6) is 5.75 Å². The maximum Gasteiger partial charge on any atom is 0.321 e. The van der Waals surface area contributed by atoms with Crippen LogP contribution in [-0.2, 0) is 6.54 Å². The van der Waals surface area contributed by atoms with Gasteiger partial charge in [0.25, 0.3) is 0 Å². The van der Waals surface area contributed by atoms with Crippen molar-refractivity contribution in [2.45, 2.75) is 13.5 Å². The molecule has 1 aromatic heterocycles. The predicted octanol–water partition coefficient (Wildman–Crippen LogP) is 4.07. The molecule has 0 unspecified atom stereocenters. The number of thiazole rings is 1. The molecule has 2 aromatic carbocycles. The van der Waals surface area contributed by atoms with Crippen molar-refractivity contribution in [3.8, 4) is 5.75 Å². The van der Waals surface area contributed by atoms with E-state index in [4.69, 9.17) is 4.74 Å². The third kappa shape index (κ3) is 3.46. The molecule has 0 fully saturated rings. The second-order valence-corrected chi connectivity index (χ2v) is 6.21. The van der Waals surface area contributed by atoms with Crippen molar-refractivity contribution < 1.29 is 13.9 Å². The highest BCUT2D eigenvalue weighted by atomic mass is 32.1. The normalized spacial score (nSPS) is 10.6. The van der Waals surface area contributed by atoms with Gasteiger partial charge in [0, 0.05) is 6.54 Å². The molecule has 0 atom stereocenters. The van der Waals surface area contributed by atoms with E-state index in [-0.39, 0.29) is 11.8 Å². The number of aromatic nitrogens is 1. The zero-order valence-corrected chi connectivity index (χ0v) is 14.0. The van der Waals surface area contributed by atoms with Gasteiger partial charge >= 0.3 is 6.03 Å². The number of carbonyl (C=O) groups excluding carboxylic acids is 1. The number of aryl methyl sites for hydroxylation is 1. The van der Waals surface area contributed by atoms with Crippen molar-refractivity contribution in [1.29, 1.82) is 0 Å². The number of halogens is 1. The first-order valence-corrected chi connectivity index (χ1v) is 8.12. The lowest BCUT2D eigenvalue weighted by molar-refractivity contribution is 0.251. The number of nitrogens with one attached hydrogen (secondary N) is 2. The number of methoxy groups -OCH3 is 1. The van der Waals surface area contributed by atoms with Crippen molar-refractivity contribution in [1.82, 2.24) is 10.3 Å². The summed E-state index contributed by atoms with van der Waals surface area (Å²) in [5.41, 5.74) is 2.62. The average molecular weight is 345 g/mol. The number of hydrogen-bond acceptors (Lipinski definition) is 4. The molecule has 0 saturated carbocycles. The van der Waals surface area contributed by atoms with Crippen molar-refractivity contribution in [3.63, 3.8) is 0 Å². The lowest BCUT2D eigenvalue weighted by atomic mass is 10.2. The number of fused-ring (bicyclic) bond motifs is 1. The number of benzene rings is 2. The van der Waals surface area contributed by atoms with Gasteiger partial charge in [-0.2, -0.15) is 0 Å². The SMILES string of the molecule is COc1ccc(C)c2sc(NC(=O)NCc3ccc(F)cc3)nc12. The largest absolute Gasteiger partial charge is 0.494 e. The zero-order chi connectivity index (χ0) is 17.1. The van der Waals surface area contributed by atoms with Crippen LogP contribution in [0, 0.1) is 12.7 Å². The summed E-state index contributed by atoms with van der Waals surface area (Å²) in [5, 5.41) is 5.93. The molecule has 2 N–H and O–H groups in total. The van der Waals surface area contributed by atoms with Gasteiger partial charge in [-0.1, -0.05) is 29.5 Å². The summed E-state index contributed by atoms with van der Waals surface area (Å²) in [6.07, 6.45) is 0. The van der Waals surface area contributed by atoms with Crippen LogP contribution in [0.15, 0.2) is 36.4 Å². The number of hydrogen-bond donors (Lipinski definition) is 2. The molecule has 0 saturated heterocycles. The Hall–Kier alpha value is -2.67. The molecule has 3 rings (SSSR count). The molecule has 2 amide bonds. The Morgan fingerprint density at radius 1 is 1.25 bits per heavy atom. The number of amides is 2. The molecule has 0 spiro atoms. The Morgan fingerprint density at radius 2 is 2.00 bits per heavy atom. The zero-order valence-electron chi connectivity index (χ0n) is 13.2. The summed E-state index contributed by atoms with van der Waals surface area (Å²) < 4.78 is 19.1. The van der Waals surface area contributed by atoms with Gasteiger partial charge in [-0.05, 0) is 36.2 Å².